The fourth-order valence-corrected chi connectivity index (χ4v) is 3.66. The van der Waals surface area contributed by atoms with E-state index in [-0.39, 0.29) is 11.9 Å². The van der Waals surface area contributed by atoms with Crippen molar-refractivity contribution in [1.82, 2.24) is 10.2 Å². The van der Waals surface area contributed by atoms with Gasteiger partial charge < -0.3 is 19.4 Å². The Kier molecular flexibility index (Phi) is 4.86. The maximum atomic E-state index is 13.1. The van der Waals surface area contributed by atoms with Crippen LogP contribution in [-0.2, 0) is 0 Å². The summed E-state index contributed by atoms with van der Waals surface area (Å²) in [6.07, 6.45) is 1.91. The molecule has 1 saturated heterocycles. The molecule has 3 aromatic rings. The molecule has 1 amide bonds. The topological polar surface area (TPSA) is 54.7 Å². The second-order valence-corrected chi connectivity index (χ2v) is 7.09. The first-order chi connectivity index (χ1) is 13.2. The summed E-state index contributed by atoms with van der Waals surface area (Å²) in [5.41, 5.74) is 2.45. The van der Waals surface area contributed by atoms with E-state index in [1.54, 1.807) is 7.11 Å². The summed E-state index contributed by atoms with van der Waals surface area (Å²) in [4.78, 5) is 15.3. The molecule has 4 rings (SSSR count). The minimum atomic E-state index is -0.154. The highest BCUT2D eigenvalue weighted by Gasteiger charge is 2.25. The molecular formula is C22H24N2O3. The van der Waals surface area contributed by atoms with Gasteiger partial charge in [0.2, 0.25) is 5.76 Å². The van der Waals surface area contributed by atoms with Crippen LogP contribution in [0.5, 0.6) is 5.75 Å². The predicted molar refractivity (Wildman–Crippen MR) is 106 cm³/mol. The summed E-state index contributed by atoms with van der Waals surface area (Å²) in [5.74, 6) is 0.917. The Hall–Kier alpha value is -2.79. The standard InChI is InChI=1S/C22H24N2O3/c1-24-12-10-16(11-13-24)23-22(25)21-20(15-6-4-3-5-7-15)18-9-8-17(26-2)14-19(18)27-21/h3-9,14,16H,10-13H2,1-2H3,(H,23,25). The Balaban J connectivity index is 1.73. The molecule has 5 nitrogen and oxygen atoms in total. The van der Waals surface area contributed by atoms with Crippen LogP contribution in [0.25, 0.3) is 22.1 Å². The monoisotopic (exact) mass is 364 g/mol. The molecule has 1 aliphatic rings. The molecule has 0 bridgehead atoms. The second kappa shape index (κ2) is 7.45. The van der Waals surface area contributed by atoms with Gasteiger partial charge in [-0.25, -0.2) is 0 Å². The summed E-state index contributed by atoms with van der Waals surface area (Å²) < 4.78 is 11.3. The lowest BCUT2D eigenvalue weighted by Crippen LogP contribution is -2.43. The molecule has 0 saturated carbocycles. The van der Waals surface area contributed by atoms with Gasteiger partial charge in [0.15, 0.2) is 0 Å². The fraction of sp³-hybridized carbons (Fsp3) is 0.318. The number of carbonyl (C=O) groups excluding carboxylic acids is 1. The number of nitrogens with one attached hydrogen (secondary N) is 1. The number of furan rings is 1. The van der Waals surface area contributed by atoms with Crippen molar-refractivity contribution in [3.8, 4) is 16.9 Å². The number of carbonyl (C=O) groups is 1. The predicted octanol–water partition coefficient (Wildman–Crippen LogP) is 3.93. The molecule has 1 fully saturated rings. The first-order valence-electron chi connectivity index (χ1n) is 9.31. The van der Waals surface area contributed by atoms with Crippen molar-refractivity contribution in [2.75, 3.05) is 27.2 Å². The molecule has 140 valence electrons. The van der Waals surface area contributed by atoms with Gasteiger partial charge in [-0.05, 0) is 50.7 Å². The summed E-state index contributed by atoms with van der Waals surface area (Å²) in [7, 11) is 3.73. The molecule has 1 N–H and O–H groups in total. The maximum absolute atomic E-state index is 13.1. The zero-order chi connectivity index (χ0) is 18.8. The Bertz CT molecular complexity index is 941. The first kappa shape index (κ1) is 17.6. The molecule has 0 radical (unpaired) electrons. The van der Waals surface area contributed by atoms with E-state index >= 15 is 0 Å². The van der Waals surface area contributed by atoms with Gasteiger partial charge in [-0.1, -0.05) is 30.3 Å². The van der Waals surface area contributed by atoms with Crippen molar-refractivity contribution in [2.24, 2.45) is 0 Å². The van der Waals surface area contributed by atoms with E-state index in [9.17, 15) is 4.79 Å². The Morgan fingerprint density at radius 2 is 1.89 bits per heavy atom. The van der Waals surface area contributed by atoms with Crippen molar-refractivity contribution in [1.29, 1.82) is 0 Å². The number of rotatable bonds is 4. The van der Waals surface area contributed by atoms with Gasteiger partial charge in [0, 0.05) is 23.1 Å². The number of ether oxygens (including phenoxy) is 1. The molecule has 0 atom stereocenters. The van der Waals surface area contributed by atoms with Crippen molar-refractivity contribution in [2.45, 2.75) is 18.9 Å². The van der Waals surface area contributed by atoms with Crippen LogP contribution < -0.4 is 10.1 Å². The average molecular weight is 364 g/mol. The number of hydrogen-bond donors (Lipinski definition) is 1. The lowest BCUT2D eigenvalue weighted by atomic mass is 10.0. The number of methoxy groups -OCH3 is 1. The van der Waals surface area contributed by atoms with Crippen LogP contribution in [0.15, 0.2) is 52.9 Å². The molecule has 27 heavy (non-hydrogen) atoms. The largest absolute Gasteiger partial charge is 0.497 e. The van der Waals surface area contributed by atoms with Crippen LogP contribution in [0.2, 0.25) is 0 Å². The number of hydrogen-bond acceptors (Lipinski definition) is 4. The molecule has 1 aromatic heterocycles. The van der Waals surface area contributed by atoms with Crippen LogP contribution in [0.3, 0.4) is 0 Å². The third-order valence-electron chi connectivity index (χ3n) is 5.22. The molecule has 5 heteroatoms. The highest BCUT2D eigenvalue weighted by molar-refractivity contribution is 6.08. The number of nitrogens with zero attached hydrogens (tertiary/aromatic N) is 1. The van der Waals surface area contributed by atoms with E-state index in [4.69, 9.17) is 9.15 Å². The molecule has 2 heterocycles. The summed E-state index contributed by atoms with van der Waals surface area (Å²) in [6.45, 7) is 1.99. The number of amides is 1. The van der Waals surface area contributed by atoms with Gasteiger partial charge in [0.1, 0.15) is 11.3 Å². The van der Waals surface area contributed by atoms with Gasteiger partial charge >= 0.3 is 0 Å². The van der Waals surface area contributed by atoms with E-state index < -0.39 is 0 Å². The smallest absolute Gasteiger partial charge is 0.287 e. The highest BCUT2D eigenvalue weighted by atomic mass is 16.5. The van der Waals surface area contributed by atoms with Crippen LogP contribution in [0.4, 0.5) is 0 Å². The summed E-state index contributed by atoms with van der Waals surface area (Å²) in [6, 6.07) is 15.8. The lowest BCUT2D eigenvalue weighted by Gasteiger charge is -2.29. The molecule has 2 aromatic carbocycles. The zero-order valence-corrected chi connectivity index (χ0v) is 15.7. The van der Waals surface area contributed by atoms with E-state index in [1.807, 2.05) is 48.5 Å². The fourth-order valence-electron chi connectivity index (χ4n) is 3.66. The van der Waals surface area contributed by atoms with Gasteiger partial charge in [-0.2, -0.15) is 0 Å². The first-order valence-corrected chi connectivity index (χ1v) is 9.31. The van der Waals surface area contributed by atoms with Crippen LogP contribution in [0.1, 0.15) is 23.4 Å². The number of likely N-dealkylation sites (tertiary alicyclic amines) is 1. The van der Waals surface area contributed by atoms with Crippen LogP contribution in [-0.4, -0.2) is 44.1 Å². The minimum Gasteiger partial charge on any atom is -0.497 e. The molecule has 0 unspecified atom stereocenters. The molecular weight excluding hydrogens is 340 g/mol. The Morgan fingerprint density at radius 3 is 2.59 bits per heavy atom. The van der Waals surface area contributed by atoms with E-state index in [2.05, 4.69) is 17.3 Å². The SMILES string of the molecule is COc1ccc2c(-c3ccccc3)c(C(=O)NC3CCN(C)CC3)oc2c1. The van der Waals surface area contributed by atoms with E-state index in [0.29, 0.717) is 17.1 Å². The van der Waals surface area contributed by atoms with Crippen LogP contribution >= 0.6 is 0 Å². The highest BCUT2D eigenvalue weighted by Crippen LogP contribution is 2.36. The Morgan fingerprint density at radius 1 is 1.15 bits per heavy atom. The van der Waals surface area contributed by atoms with Crippen molar-refractivity contribution in [3.05, 3.63) is 54.3 Å². The van der Waals surface area contributed by atoms with Gasteiger partial charge in [0.25, 0.3) is 5.91 Å². The van der Waals surface area contributed by atoms with Crippen molar-refractivity contribution >= 4 is 16.9 Å². The van der Waals surface area contributed by atoms with Gasteiger partial charge in [-0.3, -0.25) is 4.79 Å². The minimum absolute atomic E-state index is 0.154. The van der Waals surface area contributed by atoms with Crippen molar-refractivity contribution in [3.63, 3.8) is 0 Å². The molecule has 0 spiro atoms. The average Bonchev–Trinajstić information content (AvgIpc) is 3.09. The Labute approximate surface area is 158 Å². The number of piperidine rings is 1. The van der Waals surface area contributed by atoms with Gasteiger partial charge in [0.05, 0.1) is 7.11 Å². The normalized spacial score (nSPS) is 15.8. The second-order valence-electron chi connectivity index (χ2n) is 7.09. The number of benzene rings is 2. The van der Waals surface area contributed by atoms with E-state index in [0.717, 1.165) is 42.4 Å². The van der Waals surface area contributed by atoms with Crippen LogP contribution in [0, 0.1) is 0 Å². The third kappa shape index (κ3) is 3.55. The summed E-state index contributed by atoms with van der Waals surface area (Å²) in [5, 5.41) is 4.08. The molecule has 1 aliphatic heterocycles. The quantitative estimate of drug-likeness (QED) is 0.762. The molecule has 0 aliphatic carbocycles. The third-order valence-corrected chi connectivity index (χ3v) is 5.22. The maximum Gasteiger partial charge on any atom is 0.287 e. The number of fused-ring (bicyclic) bond motifs is 1. The van der Waals surface area contributed by atoms with Crippen molar-refractivity contribution < 1.29 is 13.9 Å². The van der Waals surface area contributed by atoms with E-state index in [1.165, 1.54) is 0 Å². The lowest BCUT2D eigenvalue weighted by molar-refractivity contribution is 0.0892. The summed E-state index contributed by atoms with van der Waals surface area (Å²) >= 11 is 0. The zero-order valence-electron chi connectivity index (χ0n) is 15.7. The van der Waals surface area contributed by atoms with Gasteiger partial charge in [-0.15, -0.1) is 0 Å².